The van der Waals surface area contributed by atoms with Gasteiger partial charge in [-0.25, -0.2) is 0 Å². The Morgan fingerprint density at radius 3 is 2.31 bits per heavy atom. The number of nitrogens with one attached hydrogen (secondary N) is 2. The van der Waals surface area contributed by atoms with Gasteiger partial charge in [0.15, 0.2) is 0 Å². The second-order valence-corrected chi connectivity index (χ2v) is 5.43. The van der Waals surface area contributed by atoms with Crippen molar-refractivity contribution >= 4 is 0 Å². The van der Waals surface area contributed by atoms with Crippen molar-refractivity contribution in [1.82, 2.24) is 10.6 Å². The quantitative estimate of drug-likeness (QED) is 0.622. The van der Waals surface area contributed by atoms with Crippen molar-refractivity contribution in [3.05, 3.63) is 0 Å². The van der Waals surface area contributed by atoms with E-state index < -0.39 is 0 Å². The van der Waals surface area contributed by atoms with E-state index in [0.717, 1.165) is 11.8 Å². The Morgan fingerprint density at radius 1 is 0.938 bits per heavy atom. The molecule has 0 aromatic carbocycles. The molecule has 0 aliphatic heterocycles. The fourth-order valence-corrected chi connectivity index (χ4v) is 2.48. The predicted octanol–water partition coefficient (Wildman–Crippen LogP) is 2.79. The summed E-state index contributed by atoms with van der Waals surface area (Å²) in [5.74, 6) is 1.94. The van der Waals surface area contributed by atoms with Crippen LogP contribution in [0, 0.1) is 11.8 Å². The zero-order valence-electron chi connectivity index (χ0n) is 11.2. The predicted molar refractivity (Wildman–Crippen MR) is 71.8 cm³/mol. The topological polar surface area (TPSA) is 24.1 Å². The third-order valence-electron chi connectivity index (χ3n) is 3.70. The van der Waals surface area contributed by atoms with Crippen LogP contribution < -0.4 is 10.6 Å². The molecule has 0 aromatic rings. The average Bonchev–Trinajstić information content (AvgIpc) is 2.30. The molecule has 0 spiro atoms. The lowest BCUT2D eigenvalue weighted by Crippen LogP contribution is -2.28. The highest BCUT2D eigenvalue weighted by molar-refractivity contribution is 4.71. The highest BCUT2D eigenvalue weighted by Crippen LogP contribution is 2.27. The van der Waals surface area contributed by atoms with Crippen LogP contribution in [0.1, 0.15) is 52.4 Å². The van der Waals surface area contributed by atoms with Gasteiger partial charge in [-0.2, -0.15) is 0 Å². The molecule has 0 saturated heterocycles. The highest BCUT2D eigenvalue weighted by atomic mass is 14.9. The molecule has 0 amide bonds. The Bertz CT molecular complexity index is 151. The summed E-state index contributed by atoms with van der Waals surface area (Å²) in [5.41, 5.74) is 0. The number of hydrogen-bond acceptors (Lipinski definition) is 2. The van der Waals surface area contributed by atoms with Crippen LogP contribution in [0.4, 0.5) is 0 Å². The standard InChI is InChI=1S/C14H30N2/c1-3-9-15-10-4-11-16-12-14-7-5-13(2)6-8-14/h13-16H,3-12H2,1-2H3. The van der Waals surface area contributed by atoms with Gasteiger partial charge in [-0.3, -0.25) is 0 Å². The van der Waals surface area contributed by atoms with Crippen LogP contribution in [-0.2, 0) is 0 Å². The minimum Gasteiger partial charge on any atom is -0.317 e. The molecule has 1 fully saturated rings. The van der Waals surface area contributed by atoms with Gasteiger partial charge in [-0.1, -0.05) is 26.7 Å². The lowest BCUT2D eigenvalue weighted by atomic mass is 9.83. The zero-order valence-corrected chi connectivity index (χ0v) is 11.2. The van der Waals surface area contributed by atoms with Gasteiger partial charge >= 0.3 is 0 Å². The zero-order chi connectivity index (χ0) is 11.6. The molecule has 1 aliphatic rings. The molecule has 2 nitrogen and oxygen atoms in total. The monoisotopic (exact) mass is 226 g/mol. The second kappa shape index (κ2) is 9.00. The van der Waals surface area contributed by atoms with Crippen molar-refractivity contribution in [3.8, 4) is 0 Å². The first-order chi connectivity index (χ1) is 7.83. The molecule has 2 N–H and O–H groups in total. The highest BCUT2D eigenvalue weighted by Gasteiger charge is 2.17. The lowest BCUT2D eigenvalue weighted by Gasteiger charge is -2.26. The maximum absolute atomic E-state index is 3.61. The minimum absolute atomic E-state index is 0.958. The fraction of sp³-hybridized carbons (Fsp3) is 1.00. The maximum Gasteiger partial charge on any atom is -0.00205 e. The summed E-state index contributed by atoms with van der Waals surface area (Å²) in [4.78, 5) is 0. The summed E-state index contributed by atoms with van der Waals surface area (Å²) < 4.78 is 0. The second-order valence-electron chi connectivity index (χ2n) is 5.43. The Balaban J connectivity index is 1.84. The van der Waals surface area contributed by atoms with E-state index >= 15 is 0 Å². The SMILES string of the molecule is CCCNCCCNCC1CCC(C)CC1. The first-order valence-electron chi connectivity index (χ1n) is 7.24. The summed E-state index contributed by atoms with van der Waals surface area (Å²) in [6.07, 6.45) is 8.30. The Hall–Kier alpha value is -0.0800. The summed E-state index contributed by atoms with van der Waals surface area (Å²) in [5, 5.41) is 7.05. The molecular formula is C14H30N2. The first kappa shape index (κ1) is 14.0. The summed E-state index contributed by atoms with van der Waals surface area (Å²) in [6, 6.07) is 0. The molecule has 0 radical (unpaired) electrons. The van der Waals surface area contributed by atoms with E-state index in [0.29, 0.717) is 0 Å². The van der Waals surface area contributed by atoms with Crippen molar-refractivity contribution in [2.45, 2.75) is 52.4 Å². The van der Waals surface area contributed by atoms with Gasteiger partial charge in [0, 0.05) is 0 Å². The van der Waals surface area contributed by atoms with Crippen molar-refractivity contribution in [2.75, 3.05) is 26.2 Å². The van der Waals surface area contributed by atoms with Crippen molar-refractivity contribution < 1.29 is 0 Å². The van der Waals surface area contributed by atoms with Crippen LogP contribution >= 0.6 is 0 Å². The Labute approximate surface area is 102 Å². The van der Waals surface area contributed by atoms with Gasteiger partial charge in [0.25, 0.3) is 0 Å². The van der Waals surface area contributed by atoms with E-state index in [1.165, 1.54) is 64.7 Å². The molecule has 1 rings (SSSR count). The van der Waals surface area contributed by atoms with Gasteiger partial charge in [-0.15, -0.1) is 0 Å². The van der Waals surface area contributed by atoms with Crippen LogP contribution in [-0.4, -0.2) is 26.2 Å². The van der Waals surface area contributed by atoms with Crippen molar-refractivity contribution in [3.63, 3.8) is 0 Å². The van der Waals surface area contributed by atoms with E-state index in [2.05, 4.69) is 24.5 Å². The van der Waals surface area contributed by atoms with Gasteiger partial charge in [-0.05, 0) is 63.7 Å². The summed E-state index contributed by atoms with van der Waals surface area (Å²) in [6.45, 7) is 9.38. The average molecular weight is 226 g/mol. The van der Waals surface area contributed by atoms with Gasteiger partial charge in [0.2, 0.25) is 0 Å². The van der Waals surface area contributed by atoms with Gasteiger partial charge in [0.1, 0.15) is 0 Å². The molecule has 2 heteroatoms. The van der Waals surface area contributed by atoms with Gasteiger partial charge in [0.05, 0.1) is 0 Å². The molecular weight excluding hydrogens is 196 g/mol. The molecule has 96 valence electrons. The summed E-state index contributed by atoms with van der Waals surface area (Å²) >= 11 is 0. The minimum atomic E-state index is 0.958. The molecule has 0 atom stereocenters. The van der Waals surface area contributed by atoms with Crippen LogP contribution in [0.5, 0.6) is 0 Å². The molecule has 0 heterocycles. The van der Waals surface area contributed by atoms with E-state index in [1.54, 1.807) is 0 Å². The van der Waals surface area contributed by atoms with Crippen LogP contribution in [0.25, 0.3) is 0 Å². The number of rotatable bonds is 8. The smallest absolute Gasteiger partial charge is 0.00205 e. The first-order valence-corrected chi connectivity index (χ1v) is 7.24. The Morgan fingerprint density at radius 2 is 1.62 bits per heavy atom. The van der Waals surface area contributed by atoms with Crippen LogP contribution in [0.3, 0.4) is 0 Å². The molecule has 0 bridgehead atoms. The van der Waals surface area contributed by atoms with Crippen LogP contribution in [0.15, 0.2) is 0 Å². The molecule has 0 aromatic heterocycles. The van der Waals surface area contributed by atoms with E-state index in [-0.39, 0.29) is 0 Å². The fourth-order valence-electron chi connectivity index (χ4n) is 2.48. The normalized spacial score (nSPS) is 25.9. The Kier molecular flexibility index (Phi) is 7.87. The molecule has 0 unspecified atom stereocenters. The van der Waals surface area contributed by atoms with E-state index in [9.17, 15) is 0 Å². The van der Waals surface area contributed by atoms with Crippen LogP contribution in [0.2, 0.25) is 0 Å². The lowest BCUT2D eigenvalue weighted by molar-refractivity contribution is 0.282. The van der Waals surface area contributed by atoms with E-state index in [1.807, 2.05) is 0 Å². The maximum atomic E-state index is 3.61. The third kappa shape index (κ3) is 6.49. The van der Waals surface area contributed by atoms with Gasteiger partial charge < -0.3 is 10.6 Å². The third-order valence-corrected chi connectivity index (χ3v) is 3.70. The molecule has 1 saturated carbocycles. The molecule has 1 aliphatic carbocycles. The number of hydrogen-bond donors (Lipinski definition) is 2. The van der Waals surface area contributed by atoms with Crippen molar-refractivity contribution in [1.29, 1.82) is 0 Å². The largest absolute Gasteiger partial charge is 0.317 e. The summed E-state index contributed by atoms with van der Waals surface area (Å²) in [7, 11) is 0. The van der Waals surface area contributed by atoms with Crippen molar-refractivity contribution in [2.24, 2.45) is 11.8 Å². The van der Waals surface area contributed by atoms with E-state index in [4.69, 9.17) is 0 Å². The molecule has 16 heavy (non-hydrogen) atoms.